The molecule has 0 fully saturated rings. The van der Waals surface area contributed by atoms with E-state index in [1.807, 2.05) is 0 Å². The summed E-state index contributed by atoms with van der Waals surface area (Å²) < 4.78 is 5.49. The van der Waals surface area contributed by atoms with Crippen molar-refractivity contribution in [2.24, 2.45) is 5.92 Å². The second-order valence-electron chi connectivity index (χ2n) is 4.55. The Kier molecular flexibility index (Phi) is 5.36. The molecule has 1 aromatic rings. The van der Waals surface area contributed by atoms with E-state index in [4.69, 9.17) is 9.84 Å². The molecule has 0 aliphatic heterocycles. The van der Waals surface area contributed by atoms with Crippen molar-refractivity contribution in [3.8, 4) is 5.75 Å². The SMILES string of the molecule is CC(C)COc1ccc(C(=O)CCC(=O)O)cc1. The van der Waals surface area contributed by atoms with Crippen LogP contribution < -0.4 is 4.74 Å². The number of ketones is 1. The lowest BCUT2D eigenvalue weighted by Gasteiger charge is -2.08. The van der Waals surface area contributed by atoms with E-state index in [1.165, 1.54) is 0 Å². The van der Waals surface area contributed by atoms with E-state index in [0.29, 0.717) is 18.1 Å². The number of carbonyl (C=O) groups excluding carboxylic acids is 1. The minimum absolute atomic E-state index is 0.0293. The van der Waals surface area contributed by atoms with Gasteiger partial charge in [0.1, 0.15) is 5.75 Å². The third kappa shape index (κ3) is 4.99. The topological polar surface area (TPSA) is 63.6 Å². The Morgan fingerprint density at radius 2 is 1.78 bits per heavy atom. The van der Waals surface area contributed by atoms with Crippen molar-refractivity contribution in [1.29, 1.82) is 0 Å². The predicted octanol–water partition coefficient (Wildman–Crippen LogP) is 2.77. The molecule has 1 N–H and O–H groups in total. The number of ether oxygens (including phenoxy) is 1. The minimum atomic E-state index is -0.958. The van der Waals surface area contributed by atoms with Gasteiger partial charge in [-0.15, -0.1) is 0 Å². The predicted molar refractivity (Wildman–Crippen MR) is 68.0 cm³/mol. The van der Waals surface area contributed by atoms with Crippen LogP contribution in [0.4, 0.5) is 0 Å². The molecule has 0 aromatic heterocycles. The highest BCUT2D eigenvalue weighted by molar-refractivity contribution is 5.97. The highest BCUT2D eigenvalue weighted by Gasteiger charge is 2.08. The highest BCUT2D eigenvalue weighted by Crippen LogP contribution is 2.14. The maximum Gasteiger partial charge on any atom is 0.303 e. The Balaban J connectivity index is 2.53. The third-order valence-electron chi connectivity index (χ3n) is 2.33. The Labute approximate surface area is 107 Å². The summed E-state index contributed by atoms with van der Waals surface area (Å²) >= 11 is 0. The van der Waals surface area contributed by atoms with Crippen LogP contribution in [-0.2, 0) is 4.79 Å². The molecule has 18 heavy (non-hydrogen) atoms. The van der Waals surface area contributed by atoms with Gasteiger partial charge in [0.15, 0.2) is 5.78 Å². The normalized spacial score (nSPS) is 10.4. The molecule has 0 unspecified atom stereocenters. The number of hydrogen-bond donors (Lipinski definition) is 1. The summed E-state index contributed by atoms with van der Waals surface area (Å²) in [7, 11) is 0. The van der Waals surface area contributed by atoms with Crippen LogP contribution in [0.5, 0.6) is 5.75 Å². The number of rotatable bonds is 7. The zero-order valence-electron chi connectivity index (χ0n) is 10.7. The maximum absolute atomic E-state index is 11.6. The van der Waals surface area contributed by atoms with E-state index in [-0.39, 0.29) is 18.6 Å². The van der Waals surface area contributed by atoms with E-state index in [0.717, 1.165) is 5.75 Å². The van der Waals surface area contributed by atoms with Crippen LogP contribution in [0.3, 0.4) is 0 Å². The summed E-state index contributed by atoms with van der Waals surface area (Å²) in [5.41, 5.74) is 0.521. The van der Waals surface area contributed by atoms with Gasteiger partial charge in [0, 0.05) is 12.0 Å². The van der Waals surface area contributed by atoms with Crippen molar-refractivity contribution < 1.29 is 19.4 Å². The Morgan fingerprint density at radius 3 is 2.28 bits per heavy atom. The summed E-state index contributed by atoms with van der Waals surface area (Å²) in [6.07, 6.45) is -0.105. The van der Waals surface area contributed by atoms with Crippen LogP contribution in [-0.4, -0.2) is 23.5 Å². The number of benzene rings is 1. The van der Waals surface area contributed by atoms with Gasteiger partial charge < -0.3 is 9.84 Å². The molecule has 4 heteroatoms. The van der Waals surface area contributed by atoms with Gasteiger partial charge in [-0.3, -0.25) is 9.59 Å². The van der Waals surface area contributed by atoms with E-state index in [9.17, 15) is 9.59 Å². The fraction of sp³-hybridized carbons (Fsp3) is 0.429. The zero-order chi connectivity index (χ0) is 13.5. The van der Waals surface area contributed by atoms with Gasteiger partial charge in [-0.1, -0.05) is 13.8 Å². The molecule has 0 saturated heterocycles. The Bertz CT molecular complexity index is 406. The standard InChI is InChI=1S/C14H18O4/c1-10(2)9-18-12-5-3-11(4-6-12)13(15)7-8-14(16)17/h3-6,10H,7-9H2,1-2H3,(H,16,17). The van der Waals surface area contributed by atoms with E-state index >= 15 is 0 Å². The molecule has 0 aliphatic rings. The van der Waals surface area contributed by atoms with Crippen molar-refractivity contribution >= 4 is 11.8 Å². The Hall–Kier alpha value is -1.84. The molecule has 1 aromatic carbocycles. The molecular weight excluding hydrogens is 232 g/mol. The first kappa shape index (κ1) is 14.2. The van der Waals surface area contributed by atoms with Crippen LogP contribution in [0.25, 0.3) is 0 Å². The number of aliphatic carboxylic acids is 1. The molecular formula is C14H18O4. The van der Waals surface area contributed by atoms with Crippen molar-refractivity contribution in [1.82, 2.24) is 0 Å². The minimum Gasteiger partial charge on any atom is -0.493 e. The van der Waals surface area contributed by atoms with Crippen molar-refractivity contribution in [3.05, 3.63) is 29.8 Å². The number of carboxylic acid groups (broad SMARTS) is 1. The molecule has 4 nitrogen and oxygen atoms in total. The van der Waals surface area contributed by atoms with Gasteiger partial charge in [-0.2, -0.15) is 0 Å². The third-order valence-corrected chi connectivity index (χ3v) is 2.33. The monoisotopic (exact) mass is 250 g/mol. The summed E-state index contributed by atoms with van der Waals surface area (Å²) in [6, 6.07) is 6.80. The van der Waals surface area contributed by atoms with Crippen LogP contribution in [0.2, 0.25) is 0 Å². The average Bonchev–Trinajstić information content (AvgIpc) is 2.34. The largest absolute Gasteiger partial charge is 0.493 e. The molecule has 0 bridgehead atoms. The van der Waals surface area contributed by atoms with Crippen LogP contribution in [0.15, 0.2) is 24.3 Å². The first-order valence-corrected chi connectivity index (χ1v) is 5.97. The van der Waals surface area contributed by atoms with Crippen LogP contribution in [0.1, 0.15) is 37.0 Å². The molecule has 0 heterocycles. The zero-order valence-corrected chi connectivity index (χ0v) is 10.7. The lowest BCUT2D eigenvalue weighted by Crippen LogP contribution is -2.05. The number of carbonyl (C=O) groups is 2. The number of hydrogen-bond acceptors (Lipinski definition) is 3. The van der Waals surface area contributed by atoms with Crippen molar-refractivity contribution in [2.75, 3.05) is 6.61 Å². The molecule has 0 saturated carbocycles. The lowest BCUT2D eigenvalue weighted by atomic mass is 10.1. The van der Waals surface area contributed by atoms with Gasteiger partial charge in [0.05, 0.1) is 13.0 Å². The van der Waals surface area contributed by atoms with E-state index in [2.05, 4.69) is 13.8 Å². The van der Waals surface area contributed by atoms with Gasteiger partial charge in [-0.25, -0.2) is 0 Å². The molecule has 0 amide bonds. The summed E-state index contributed by atoms with van der Waals surface area (Å²) in [4.78, 5) is 22.0. The molecule has 0 radical (unpaired) electrons. The molecule has 0 aliphatic carbocycles. The first-order chi connectivity index (χ1) is 8.49. The molecule has 98 valence electrons. The molecule has 1 rings (SSSR count). The van der Waals surface area contributed by atoms with Crippen molar-refractivity contribution in [2.45, 2.75) is 26.7 Å². The van der Waals surface area contributed by atoms with Crippen LogP contribution >= 0.6 is 0 Å². The van der Waals surface area contributed by atoms with Gasteiger partial charge in [0.2, 0.25) is 0 Å². The Morgan fingerprint density at radius 1 is 1.17 bits per heavy atom. The van der Waals surface area contributed by atoms with E-state index < -0.39 is 5.97 Å². The van der Waals surface area contributed by atoms with Crippen LogP contribution in [0, 0.1) is 5.92 Å². The lowest BCUT2D eigenvalue weighted by molar-refractivity contribution is -0.136. The van der Waals surface area contributed by atoms with Gasteiger partial charge in [0.25, 0.3) is 0 Å². The highest BCUT2D eigenvalue weighted by atomic mass is 16.5. The fourth-order valence-electron chi connectivity index (χ4n) is 1.36. The summed E-state index contributed by atoms with van der Waals surface area (Å²) in [5.74, 6) is 0.0495. The summed E-state index contributed by atoms with van der Waals surface area (Å²) in [6.45, 7) is 4.75. The number of Topliss-reactive ketones (excluding diaryl/α,β-unsaturated/α-hetero) is 1. The number of carboxylic acids is 1. The maximum atomic E-state index is 11.6. The first-order valence-electron chi connectivity index (χ1n) is 5.97. The summed E-state index contributed by atoms with van der Waals surface area (Å²) in [5, 5.41) is 8.50. The van der Waals surface area contributed by atoms with Gasteiger partial charge >= 0.3 is 5.97 Å². The van der Waals surface area contributed by atoms with E-state index in [1.54, 1.807) is 24.3 Å². The second-order valence-corrected chi connectivity index (χ2v) is 4.55. The second kappa shape index (κ2) is 6.79. The van der Waals surface area contributed by atoms with Gasteiger partial charge in [-0.05, 0) is 30.2 Å². The molecule has 0 spiro atoms. The average molecular weight is 250 g/mol. The van der Waals surface area contributed by atoms with Crippen molar-refractivity contribution in [3.63, 3.8) is 0 Å². The molecule has 0 atom stereocenters. The quantitative estimate of drug-likeness (QED) is 0.756. The fourth-order valence-corrected chi connectivity index (χ4v) is 1.36. The smallest absolute Gasteiger partial charge is 0.303 e.